The fraction of sp³-hybridized carbons (Fsp3) is 0.667. The maximum absolute atomic E-state index is 9.99. The van der Waals surface area contributed by atoms with E-state index in [0.717, 1.165) is 0 Å². The summed E-state index contributed by atoms with van der Waals surface area (Å²) in [6, 6.07) is 0. The Balaban J connectivity index is -0.000000266. The lowest BCUT2D eigenvalue weighted by Gasteiger charge is -2.00. The van der Waals surface area contributed by atoms with Crippen LogP contribution in [0, 0.1) is 11.8 Å². The van der Waals surface area contributed by atoms with E-state index in [4.69, 9.17) is 30.6 Å². The molecule has 0 rings (SSSR count). The number of carbonyl (C=O) groups is 4. The van der Waals surface area contributed by atoms with Gasteiger partial charge in [0.15, 0.2) is 11.8 Å². The third-order valence-electron chi connectivity index (χ3n) is 2.11. The molecule has 10 nitrogen and oxygen atoms in total. The van der Waals surface area contributed by atoms with Gasteiger partial charge in [0.05, 0.1) is 13.2 Å². The molecule has 6 N–H and O–H groups in total. The van der Waals surface area contributed by atoms with Crippen LogP contribution in [0.4, 0.5) is 0 Å². The molecule has 130 valence electrons. The maximum atomic E-state index is 9.99. The summed E-state index contributed by atoms with van der Waals surface area (Å²) < 4.78 is 0. The molecule has 0 atom stereocenters. The predicted molar refractivity (Wildman–Crippen MR) is 72.3 cm³/mol. The van der Waals surface area contributed by atoms with E-state index in [9.17, 15) is 19.2 Å². The molecular weight excluding hydrogens is 304 g/mol. The molecule has 0 heterocycles. The van der Waals surface area contributed by atoms with E-state index in [1.807, 2.05) is 0 Å². The highest BCUT2D eigenvalue weighted by Gasteiger charge is 2.23. The summed E-state index contributed by atoms with van der Waals surface area (Å²) in [5, 5.41) is 47.9. The zero-order valence-corrected chi connectivity index (χ0v) is 12.3. The SMILES string of the molecule is CCC(C(=O)O)C(=O)O.CCC(C(=O)O)C(=O)O.OCCO. The number of aliphatic carboxylic acids is 4. The van der Waals surface area contributed by atoms with Crippen molar-refractivity contribution in [3.63, 3.8) is 0 Å². The van der Waals surface area contributed by atoms with Crippen molar-refractivity contribution < 1.29 is 49.8 Å². The van der Waals surface area contributed by atoms with Crippen molar-refractivity contribution in [2.45, 2.75) is 26.7 Å². The van der Waals surface area contributed by atoms with Gasteiger partial charge in [0.25, 0.3) is 0 Å². The van der Waals surface area contributed by atoms with Gasteiger partial charge in [0, 0.05) is 0 Å². The molecule has 0 amide bonds. The number of carboxylic acids is 4. The number of carboxylic acid groups (broad SMARTS) is 4. The molecule has 0 spiro atoms. The van der Waals surface area contributed by atoms with Gasteiger partial charge in [-0.05, 0) is 12.8 Å². The van der Waals surface area contributed by atoms with Crippen LogP contribution in [0.1, 0.15) is 26.7 Å². The summed E-state index contributed by atoms with van der Waals surface area (Å²) in [5.41, 5.74) is 0. The minimum Gasteiger partial charge on any atom is -0.481 e. The summed E-state index contributed by atoms with van der Waals surface area (Å²) in [6.45, 7) is 2.79. The maximum Gasteiger partial charge on any atom is 0.317 e. The molecule has 0 aromatic heterocycles. The Morgan fingerprint density at radius 2 is 0.818 bits per heavy atom. The topological polar surface area (TPSA) is 190 Å². The van der Waals surface area contributed by atoms with Crippen molar-refractivity contribution in [2.75, 3.05) is 13.2 Å². The van der Waals surface area contributed by atoms with Gasteiger partial charge >= 0.3 is 23.9 Å². The number of hydrogen-bond donors (Lipinski definition) is 6. The third kappa shape index (κ3) is 14.2. The standard InChI is InChI=1S/2C5H8O4.C2H6O2/c2*1-2-3(4(6)7)5(8)9;3-1-2-4/h2*3H,2H2,1H3,(H,6,7)(H,8,9);3-4H,1-2H2. The van der Waals surface area contributed by atoms with Crippen molar-refractivity contribution in [3.8, 4) is 0 Å². The van der Waals surface area contributed by atoms with Crippen molar-refractivity contribution in [3.05, 3.63) is 0 Å². The number of aliphatic hydroxyl groups excluding tert-OH is 2. The molecule has 0 aromatic rings. The number of aliphatic hydroxyl groups is 2. The highest BCUT2D eigenvalue weighted by molar-refractivity contribution is 5.93. The highest BCUT2D eigenvalue weighted by atomic mass is 16.4. The lowest BCUT2D eigenvalue weighted by atomic mass is 10.1. The summed E-state index contributed by atoms with van der Waals surface area (Å²) in [7, 11) is 0. The normalized spacial score (nSPS) is 9.18. The lowest BCUT2D eigenvalue weighted by Crippen LogP contribution is -2.22. The molecular formula is C12H22O10. The van der Waals surface area contributed by atoms with Crippen molar-refractivity contribution >= 4 is 23.9 Å². The summed E-state index contributed by atoms with van der Waals surface area (Å²) in [4.78, 5) is 40.0. The first-order valence-corrected chi connectivity index (χ1v) is 6.23. The van der Waals surface area contributed by atoms with Crippen molar-refractivity contribution in [1.29, 1.82) is 0 Å². The Morgan fingerprint density at radius 1 is 0.636 bits per heavy atom. The zero-order valence-electron chi connectivity index (χ0n) is 12.3. The van der Waals surface area contributed by atoms with E-state index < -0.39 is 35.7 Å². The first-order chi connectivity index (χ1) is 10.1. The van der Waals surface area contributed by atoms with Gasteiger partial charge in [-0.25, -0.2) is 0 Å². The molecule has 0 saturated carbocycles. The largest absolute Gasteiger partial charge is 0.481 e. The molecule has 0 saturated heterocycles. The van der Waals surface area contributed by atoms with Crippen LogP contribution in [0.25, 0.3) is 0 Å². The van der Waals surface area contributed by atoms with Crippen LogP contribution < -0.4 is 0 Å². The molecule has 0 aliphatic carbocycles. The van der Waals surface area contributed by atoms with Gasteiger partial charge in [-0.15, -0.1) is 0 Å². The molecule has 0 aliphatic heterocycles. The summed E-state index contributed by atoms with van der Waals surface area (Å²) in [6.07, 6.45) is 0.259. The van der Waals surface area contributed by atoms with E-state index in [-0.39, 0.29) is 26.1 Å². The van der Waals surface area contributed by atoms with Crippen LogP contribution >= 0.6 is 0 Å². The second-order valence-corrected chi connectivity index (χ2v) is 3.72. The molecule has 22 heavy (non-hydrogen) atoms. The smallest absolute Gasteiger partial charge is 0.317 e. The second kappa shape index (κ2) is 15.2. The fourth-order valence-electron chi connectivity index (χ4n) is 0.910. The van der Waals surface area contributed by atoms with Crippen LogP contribution in [0.15, 0.2) is 0 Å². The van der Waals surface area contributed by atoms with Crippen LogP contribution in [0.3, 0.4) is 0 Å². The van der Waals surface area contributed by atoms with Gasteiger partial charge in [-0.2, -0.15) is 0 Å². The van der Waals surface area contributed by atoms with Gasteiger partial charge in [0.2, 0.25) is 0 Å². The van der Waals surface area contributed by atoms with E-state index in [0.29, 0.717) is 0 Å². The van der Waals surface area contributed by atoms with Crippen molar-refractivity contribution in [2.24, 2.45) is 11.8 Å². The Morgan fingerprint density at radius 3 is 0.818 bits per heavy atom. The van der Waals surface area contributed by atoms with Crippen LogP contribution in [0.2, 0.25) is 0 Å². The van der Waals surface area contributed by atoms with Gasteiger partial charge in [-0.1, -0.05) is 13.8 Å². The average Bonchev–Trinajstić information content (AvgIpc) is 2.39. The van der Waals surface area contributed by atoms with Gasteiger partial charge < -0.3 is 30.6 Å². The first-order valence-electron chi connectivity index (χ1n) is 6.23. The minimum absolute atomic E-state index is 0.125. The molecule has 0 radical (unpaired) electrons. The summed E-state index contributed by atoms with van der Waals surface area (Å²) in [5.74, 6) is -7.58. The van der Waals surface area contributed by atoms with Gasteiger partial charge in [-0.3, -0.25) is 19.2 Å². The molecule has 0 bridgehead atoms. The molecule has 10 heteroatoms. The third-order valence-corrected chi connectivity index (χ3v) is 2.11. The van der Waals surface area contributed by atoms with Crippen LogP contribution in [-0.4, -0.2) is 67.7 Å². The molecule has 0 aliphatic rings. The Bertz CT molecular complexity index is 290. The van der Waals surface area contributed by atoms with E-state index in [1.165, 1.54) is 13.8 Å². The quantitative estimate of drug-likeness (QED) is 0.327. The van der Waals surface area contributed by atoms with Crippen LogP contribution in [0.5, 0.6) is 0 Å². The average molecular weight is 326 g/mol. The Kier molecular flexibility index (Phi) is 17.1. The minimum atomic E-state index is -1.27. The Labute approximate surface area is 126 Å². The lowest BCUT2D eigenvalue weighted by molar-refractivity contribution is -0.156. The highest BCUT2D eigenvalue weighted by Crippen LogP contribution is 2.01. The van der Waals surface area contributed by atoms with Crippen molar-refractivity contribution in [1.82, 2.24) is 0 Å². The second-order valence-electron chi connectivity index (χ2n) is 3.72. The zero-order chi connectivity index (χ0) is 18.3. The molecule has 0 unspecified atom stereocenters. The van der Waals surface area contributed by atoms with E-state index in [1.54, 1.807) is 0 Å². The van der Waals surface area contributed by atoms with E-state index >= 15 is 0 Å². The Hall–Kier alpha value is -2.20. The summed E-state index contributed by atoms with van der Waals surface area (Å²) >= 11 is 0. The fourth-order valence-corrected chi connectivity index (χ4v) is 0.910. The predicted octanol–water partition coefficient (Wildman–Crippen LogP) is -0.665. The van der Waals surface area contributed by atoms with Crippen LogP contribution in [-0.2, 0) is 19.2 Å². The monoisotopic (exact) mass is 326 g/mol. The number of rotatable bonds is 7. The number of hydrogen-bond acceptors (Lipinski definition) is 6. The van der Waals surface area contributed by atoms with E-state index in [2.05, 4.69) is 0 Å². The van der Waals surface area contributed by atoms with Gasteiger partial charge in [0.1, 0.15) is 0 Å². The molecule has 0 aromatic carbocycles. The molecule has 0 fully saturated rings. The first kappa shape index (κ1) is 24.8.